The first kappa shape index (κ1) is 11.3. The molecule has 86 valence electrons. The van der Waals surface area contributed by atoms with E-state index in [1.807, 2.05) is 19.1 Å². The van der Waals surface area contributed by atoms with Crippen molar-refractivity contribution in [3.63, 3.8) is 0 Å². The molecule has 1 aromatic carbocycles. The first-order valence-corrected chi connectivity index (χ1v) is 5.94. The third-order valence-corrected chi connectivity index (χ3v) is 3.09. The largest absolute Gasteiger partial charge is 0.304 e. The van der Waals surface area contributed by atoms with Gasteiger partial charge in [0.1, 0.15) is 5.82 Å². The summed E-state index contributed by atoms with van der Waals surface area (Å²) in [6.45, 7) is 2.01. The Kier molecular flexibility index (Phi) is 3.73. The van der Waals surface area contributed by atoms with Crippen molar-refractivity contribution in [2.45, 2.75) is 38.3 Å². The maximum atomic E-state index is 13.5. The van der Waals surface area contributed by atoms with E-state index in [2.05, 4.69) is 17.5 Å². The molecular formula is C14H18FN. The highest BCUT2D eigenvalue weighted by Crippen LogP contribution is 2.19. The molecule has 0 aromatic heterocycles. The van der Waals surface area contributed by atoms with Gasteiger partial charge in [0, 0.05) is 17.6 Å². The lowest BCUT2D eigenvalue weighted by molar-refractivity contribution is 0.454. The standard InChI is InChI=1S/C14H18FN/c1-11(13-9-5-6-10-14(13)15)16-12-7-3-2-4-8-12/h3,5-7,9-12,16H,2,4,8H2,1H3/t11-,12?/m1/s1. The summed E-state index contributed by atoms with van der Waals surface area (Å²) in [6.07, 6.45) is 7.94. The van der Waals surface area contributed by atoms with Gasteiger partial charge in [0.25, 0.3) is 0 Å². The van der Waals surface area contributed by atoms with Crippen LogP contribution in [0, 0.1) is 5.82 Å². The van der Waals surface area contributed by atoms with Crippen LogP contribution in [0.1, 0.15) is 37.8 Å². The second kappa shape index (κ2) is 5.26. The second-order valence-corrected chi connectivity index (χ2v) is 4.38. The molecule has 1 aliphatic rings. The molecule has 0 saturated heterocycles. The first-order valence-electron chi connectivity index (χ1n) is 5.94. The third kappa shape index (κ3) is 2.70. The lowest BCUT2D eigenvalue weighted by atomic mass is 10.0. The van der Waals surface area contributed by atoms with Gasteiger partial charge in [-0.25, -0.2) is 4.39 Å². The second-order valence-electron chi connectivity index (χ2n) is 4.38. The van der Waals surface area contributed by atoms with E-state index in [0.29, 0.717) is 6.04 Å². The van der Waals surface area contributed by atoms with Crippen molar-refractivity contribution in [2.24, 2.45) is 0 Å². The molecule has 1 aromatic rings. The molecule has 2 atom stereocenters. The summed E-state index contributed by atoms with van der Waals surface area (Å²) in [5.41, 5.74) is 0.751. The summed E-state index contributed by atoms with van der Waals surface area (Å²) in [6, 6.07) is 7.43. The number of benzene rings is 1. The molecule has 1 unspecified atom stereocenters. The SMILES string of the molecule is C[C@@H](NC1C=CCCC1)c1ccccc1F. The minimum atomic E-state index is -0.123. The van der Waals surface area contributed by atoms with Gasteiger partial charge in [0.15, 0.2) is 0 Å². The van der Waals surface area contributed by atoms with Crippen molar-refractivity contribution in [1.82, 2.24) is 5.32 Å². The van der Waals surface area contributed by atoms with Crippen molar-refractivity contribution < 1.29 is 4.39 Å². The van der Waals surface area contributed by atoms with Crippen LogP contribution >= 0.6 is 0 Å². The Balaban J connectivity index is 2.02. The van der Waals surface area contributed by atoms with Crippen LogP contribution in [0.4, 0.5) is 4.39 Å². The summed E-state index contributed by atoms with van der Waals surface area (Å²) < 4.78 is 13.5. The molecule has 0 radical (unpaired) electrons. The first-order chi connectivity index (χ1) is 7.77. The van der Waals surface area contributed by atoms with E-state index < -0.39 is 0 Å². The van der Waals surface area contributed by atoms with Crippen LogP contribution in [0.2, 0.25) is 0 Å². The van der Waals surface area contributed by atoms with Gasteiger partial charge in [-0.3, -0.25) is 0 Å². The van der Waals surface area contributed by atoms with Gasteiger partial charge in [-0.15, -0.1) is 0 Å². The van der Waals surface area contributed by atoms with Crippen LogP contribution in [-0.4, -0.2) is 6.04 Å². The topological polar surface area (TPSA) is 12.0 Å². The highest BCUT2D eigenvalue weighted by Gasteiger charge is 2.14. The molecule has 0 amide bonds. The highest BCUT2D eigenvalue weighted by atomic mass is 19.1. The van der Waals surface area contributed by atoms with Crippen molar-refractivity contribution in [1.29, 1.82) is 0 Å². The van der Waals surface area contributed by atoms with Gasteiger partial charge in [-0.1, -0.05) is 30.4 Å². The number of hydrogen-bond acceptors (Lipinski definition) is 1. The van der Waals surface area contributed by atoms with Crippen LogP contribution in [0.5, 0.6) is 0 Å². The number of halogens is 1. The van der Waals surface area contributed by atoms with E-state index in [1.165, 1.54) is 18.9 Å². The Morgan fingerprint density at radius 3 is 2.88 bits per heavy atom. The van der Waals surface area contributed by atoms with Crippen LogP contribution in [0.3, 0.4) is 0 Å². The number of nitrogens with one attached hydrogen (secondary N) is 1. The van der Waals surface area contributed by atoms with Gasteiger partial charge in [0.2, 0.25) is 0 Å². The number of allylic oxidation sites excluding steroid dienone is 1. The molecule has 2 heteroatoms. The van der Waals surface area contributed by atoms with E-state index in [9.17, 15) is 4.39 Å². The van der Waals surface area contributed by atoms with Crippen LogP contribution < -0.4 is 5.32 Å². The summed E-state index contributed by atoms with van der Waals surface area (Å²) in [7, 11) is 0. The summed E-state index contributed by atoms with van der Waals surface area (Å²) in [5.74, 6) is -0.123. The van der Waals surface area contributed by atoms with Crippen LogP contribution in [-0.2, 0) is 0 Å². The van der Waals surface area contributed by atoms with Crippen LogP contribution in [0.25, 0.3) is 0 Å². The van der Waals surface area contributed by atoms with E-state index in [4.69, 9.17) is 0 Å². The lowest BCUT2D eigenvalue weighted by Crippen LogP contribution is -2.31. The zero-order valence-corrected chi connectivity index (χ0v) is 9.62. The van der Waals surface area contributed by atoms with Crippen molar-refractivity contribution >= 4 is 0 Å². The number of rotatable bonds is 3. The Morgan fingerprint density at radius 1 is 1.38 bits per heavy atom. The smallest absolute Gasteiger partial charge is 0.127 e. The van der Waals surface area contributed by atoms with Gasteiger partial charge in [0.05, 0.1) is 0 Å². The third-order valence-electron chi connectivity index (χ3n) is 3.09. The maximum absolute atomic E-state index is 13.5. The van der Waals surface area contributed by atoms with Crippen LogP contribution in [0.15, 0.2) is 36.4 Å². The van der Waals surface area contributed by atoms with Crippen molar-refractivity contribution in [2.75, 3.05) is 0 Å². The summed E-state index contributed by atoms with van der Waals surface area (Å²) in [5, 5.41) is 3.45. The fourth-order valence-corrected chi connectivity index (χ4v) is 2.19. The molecule has 0 bridgehead atoms. The number of hydrogen-bond donors (Lipinski definition) is 1. The van der Waals surface area contributed by atoms with Gasteiger partial charge in [-0.2, -0.15) is 0 Å². The van der Waals surface area contributed by atoms with Crippen molar-refractivity contribution in [3.8, 4) is 0 Å². The predicted molar refractivity (Wildman–Crippen MR) is 64.7 cm³/mol. The fourth-order valence-electron chi connectivity index (χ4n) is 2.19. The molecule has 0 aliphatic heterocycles. The fraction of sp³-hybridized carbons (Fsp3) is 0.429. The minimum Gasteiger partial charge on any atom is -0.304 e. The van der Waals surface area contributed by atoms with Crippen molar-refractivity contribution in [3.05, 3.63) is 47.8 Å². The molecule has 1 aliphatic carbocycles. The summed E-state index contributed by atoms with van der Waals surface area (Å²) in [4.78, 5) is 0. The monoisotopic (exact) mass is 219 g/mol. The average molecular weight is 219 g/mol. The normalized spacial score (nSPS) is 22.0. The average Bonchev–Trinajstić information content (AvgIpc) is 2.31. The molecule has 1 nitrogen and oxygen atoms in total. The predicted octanol–water partition coefficient (Wildman–Crippen LogP) is 3.59. The summed E-state index contributed by atoms with van der Waals surface area (Å²) >= 11 is 0. The van der Waals surface area contributed by atoms with Gasteiger partial charge >= 0.3 is 0 Å². The van der Waals surface area contributed by atoms with E-state index in [0.717, 1.165) is 12.0 Å². The van der Waals surface area contributed by atoms with E-state index >= 15 is 0 Å². The maximum Gasteiger partial charge on any atom is 0.127 e. The Bertz CT molecular complexity index is 373. The zero-order valence-electron chi connectivity index (χ0n) is 9.62. The van der Waals surface area contributed by atoms with E-state index in [1.54, 1.807) is 6.07 Å². The minimum absolute atomic E-state index is 0.0638. The Labute approximate surface area is 96.4 Å². The molecule has 16 heavy (non-hydrogen) atoms. The molecule has 0 saturated carbocycles. The van der Waals surface area contributed by atoms with Gasteiger partial charge in [-0.05, 0) is 32.3 Å². The molecule has 0 heterocycles. The molecule has 2 rings (SSSR count). The molecule has 1 N–H and O–H groups in total. The van der Waals surface area contributed by atoms with Gasteiger partial charge < -0.3 is 5.32 Å². The molecule has 0 fully saturated rings. The Morgan fingerprint density at radius 2 is 2.19 bits per heavy atom. The Hall–Kier alpha value is -1.15. The quantitative estimate of drug-likeness (QED) is 0.766. The van der Waals surface area contributed by atoms with E-state index in [-0.39, 0.29) is 11.9 Å². The highest BCUT2D eigenvalue weighted by molar-refractivity contribution is 5.21. The molecule has 0 spiro atoms. The molecular weight excluding hydrogens is 201 g/mol. The zero-order chi connectivity index (χ0) is 11.4. The lowest BCUT2D eigenvalue weighted by Gasteiger charge is -2.23.